The Kier molecular flexibility index (Phi) is 5.91. The van der Waals surface area contributed by atoms with Gasteiger partial charge in [-0.15, -0.1) is 0 Å². The minimum atomic E-state index is -0.213. The quantitative estimate of drug-likeness (QED) is 0.519. The highest BCUT2D eigenvalue weighted by molar-refractivity contribution is 7.99. The van der Waals surface area contributed by atoms with Crippen molar-refractivity contribution >= 4 is 58.2 Å². The normalized spacial score (nSPS) is 10.7. The Bertz CT molecular complexity index is 877. The molecule has 0 aliphatic heterocycles. The van der Waals surface area contributed by atoms with Crippen molar-refractivity contribution in [2.45, 2.75) is 5.22 Å². The van der Waals surface area contributed by atoms with Crippen LogP contribution in [0.3, 0.4) is 0 Å². The van der Waals surface area contributed by atoms with Gasteiger partial charge in [0.15, 0.2) is 5.76 Å². The van der Waals surface area contributed by atoms with E-state index in [0.29, 0.717) is 31.7 Å². The molecule has 0 unspecified atom stereocenters. The minimum absolute atomic E-state index is 0.144. The standard InChI is InChI=1S/C17H11Cl3N2O2S/c18-11-3-1-10(2-4-11)15-8-21-17(24-15)25-9-16(23)22-14-6-12(19)5-13(20)7-14/h1-8H,9H2,(H,22,23). The Morgan fingerprint density at radius 2 is 1.72 bits per heavy atom. The van der Waals surface area contributed by atoms with E-state index < -0.39 is 0 Å². The number of benzene rings is 2. The second kappa shape index (κ2) is 8.15. The molecule has 1 aromatic heterocycles. The summed E-state index contributed by atoms with van der Waals surface area (Å²) in [5, 5.41) is 4.69. The largest absolute Gasteiger partial charge is 0.431 e. The zero-order valence-corrected chi connectivity index (χ0v) is 15.7. The van der Waals surface area contributed by atoms with Gasteiger partial charge in [0, 0.05) is 26.3 Å². The number of thioether (sulfide) groups is 1. The van der Waals surface area contributed by atoms with Crippen LogP contribution < -0.4 is 5.32 Å². The number of nitrogens with zero attached hydrogens (tertiary/aromatic N) is 1. The molecule has 0 aliphatic rings. The Balaban J connectivity index is 1.58. The lowest BCUT2D eigenvalue weighted by atomic mass is 10.2. The molecule has 0 saturated heterocycles. The molecule has 0 saturated carbocycles. The summed E-state index contributed by atoms with van der Waals surface area (Å²) in [6.07, 6.45) is 1.61. The Morgan fingerprint density at radius 3 is 2.40 bits per heavy atom. The highest BCUT2D eigenvalue weighted by atomic mass is 35.5. The van der Waals surface area contributed by atoms with Crippen molar-refractivity contribution in [3.8, 4) is 11.3 Å². The van der Waals surface area contributed by atoms with Crippen LogP contribution in [0.25, 0.3) is 11.3 Å². The van der Waals surface area contributed by atoms with E-state index in [1.165, 1.54) is 11.8 Å². The van der Waals surface area contributed by atoms with Gasteiger partial charge in [-0.25, -0.2) is 4.98 Å². The van der Waals surface area contributed by atoms with E-state index in [1.54, 1.807) is 36.5 Å². The van der Waals surface area contributed by atoms with Crippen molar-refractivity contribution in [3.05, 3.63) is 63.7 Å². The predicted molar refractivity (Wildman–Crippen MR) is 103 cm³/mol. The van der Waals surface area contributed by atoms with Crippen LogP contribution in [0.15, 0.2) is 58.3 Å². The van der Waals surface area contributed by atoms with Gasteiger partial charge < -0.3 is 9.73 Å². The maximum atomic E-state index is 12.0. The van der Waals surface area contributed by atoms with Crippen molar-refractivity contribution in [2.75, 3.05) is 11.1 Å². The molecule has 1 heterocycles. The third-order valence-electron chi connectivity index (χ3n) is 3.09. The average molecular weight is 414 g/mol. The molecule has 3 rings (SSSR count). The van der Waals surface area contributed by atoms with Gasteiger partial charge in [0.25, 0.3) is 5.22 Å². The summed E-state index contributed by atoms with van der Waals surface area (Å²) in [6, 6.07) is 12.1. The SMILES string of the molecule is O=C(CSc1ncc(-c2ccc(Cl)cc2)o1)Nc1cc(Cl)cc(Cl)c1. The first-order valence-corrected chi connectivity index (χ1v) is 9.22. The summed E-state index contributed by atoms with van der Waals surface area (Å²) >= 11 is 18.9. The van der Waals surface area contributed by atoms with Crippen molar-refractivity contribution in [1.29, 1.82) is 0 Å². The van der Waals surface area contributed by atoms with Crippen LogP contribution in [0, 0.1) is 0 Å². The second-order valence-electron chi connectivity index (χ2n) is 4.99. The van der Waals surface area contributed by atoms with Gasteiger partial charge in [-0.3, -0.25) is 4.79 Å². The minimum Gasteiger partial charge on any atom is -0.431 e. The van der Waals surface area contributed by atoms with E-state index in [2.05, 4.69) is 10.3 Å². The summed E-state index contributed by atoms with van der Waals surface area (Å²) in [6.45, 7) is 0. The molecule has 8 heteroatoms. The third kappa shape index (κ3) is 5.16. The summed E-state index contributed by atoms with van der Waals surface area (Å²) in [4.78, 5) is 16.2. The first kappa shape index (κ1) is 18.1. The molecular weight excluding hydrogens is 403 g/mol. The molecule has 2 aromatic carbocycles. The summed E-state index contributed by atoms with van der Waals surface area (Å²) in [5.74, 6) is 0.542. The number of nitrogens with one attached hydrogen (secondary N) is 1. The maximum Gasteiger partial charge on any atom is 0.256 e. The van der Waals surface area contributed by atoms with Gasteiger partial charge >= 0.3 is 0 Å². The molecule has 0 aliphatic carbocycles. The van der Waals surface area contributed by atoms with Crippen molar-refractivity contribution in [2.24, 2.45) is 0 Å². The third-order valence-corrected chi connectivity index (χ3v) is 4.62. The van der Waals surface area contributed by atoms with Crippen molar-refractivity contribution in [3.63, 3.8) is 0 Å². The fraction of sp³-hybridized carbons (Fsp3) is 0.0588. The van der Waals surface area contributed by atoms with Gasteiger partial charge in [-0.2, -0.15) is 0 Å². The van der Waals surface area contributed by atoms with Gasteiger partial charge in [0.2, 0.25) is 5.91 Å². The van der Waals surface area contributed by atoms with Crippen molar-refractivity contribution in [1.82, 2.24) is 4.98 Å². The van der Waals surface area contributed by atoms with Crippen LogP contribution >= 0.6 is 46.6 Å². The molecule has 3 aromatic rings. The zero-order valence-electron chi connectivity index (χ0n) is 12.6. The number of halogens is 3. The first-order valence-electron chi connectivity index (χ1n) is 7.10. The second-order valence-corrected chi connectivity index (χ2v) is 7.23. The molecule has 0 fully saturated rings. The lowest BCUT2D eigenvalue weighted by molar-refractivity contribution is -0.113. The average Bonchev–Trinajstić information content (AvgIpc) is 3.01. The molecule has 25 heavy (non-hydrogen) atoms. The number of hydrogen-bond acceptors (Lipinski definition) is 4. The molecule has 128 valence electrons. The van der Waals surface area contributed by atoms with Crippen LogP contribution in [0.2, 0.25) is 15.1 Å². The number of aromatic nitrogens is 1. The number of carbonyl (C=O) groups is 1. The number of carbonyl (C=O) groups excluding carboxylic acids is 1. The van der Waals surface area contributed by atoms with Gasteiger partial charge in [0.1, 0.15) is 0 Å². The lowest BCUT2D eigenvalue weighted by Crippen LogP contribution is -2.13. The number of hydrogen-bond donors (Lipinski definition) is 1. The Morgan fingerprint density at radius 1 is 1.04 bits per heavy atom. The van der Waals surface area contributed by atoms with E-state index in [0.717, 1.165) is 5.56 Å². The number of rotatable bonds is 5. The number of oxazole rings is 1. The Hall–Kier alpha value is -1.66. The maximum absolute atomic E-state index is 12.0. The van der Waals surface area contributed by atoms with Gasteiger partial charge in [0.05, 0.1) is 11.9 Å². The predicted octanol–water partition coefficient (Wildman–Crippen LogP) is 6.03. The van der Waals surface area contributed by atoms with Crippen LogP contribution in [-0.2, 0) is 4.79 Å². The molecular formula is C17H11Cl3N2O2S. The number of amides is 1. The summed E-state index contributed by atoms with van der Waals surface area (Å²) in [7, 11) is 0. The van der Waals surface area contributed by atoms with E-state index in [1.807, 2.05) is 12.1 Å². The van der Waals surface area contributed by atoms with Crippen molar-refractivity contribution < 1.29 is 9.21 Å². The molecule has 1 amide bonds. The number of anilines is 1. The van der Waals surface area contributed by atoms with E-state index in [9.17, 15) is 4.79 Å². The van der Waals surface area contributed by atoms with Gasteiger partial charge in [-0.1, -0.05) is 46.6 Å². The lowest BCUT2D eigenvalue weighted by Gasteiger charge is -2.05. The summed E-state index contributed by atoms with van der Waals surface area (Å²) in [5.41, 5.74) is 1.40. The zero-order chi connectivity index (χ0) is 17.8. The smallest absolute Gasteiger partial charge is 0.256 e. The monoisotopic (exact) mass is 412 g/mol. The molecule has 4 nitrogen and oxygen atoms in total. The van der Waals surface area contributed by atoms with E-state index in [-0.39, 0.29) is 11.7 Å². The van der Waals surface area contributed by atoms with Crippen LogP contribution in [0.1, 0.15) is 0 Å². The van der Waals surface area contributed by atoms with Crippen LogP contribution in [-0.4, -0.2) is 16.6 Å². The highest BCUT2D eigenvalue weighted by Gasteiger charge is 2.10. The van der Waals surface area contributed by atoms with E-state index >= 15 is 0 Å². The Labute approximate surface area is 163 Å². The topological polar surface area (TPSA) is 55.1 Å². The molecule has 0 spiro atoms. The highest BCUT2D eigenvalue weighted by Crippen LogP contribution is 2.27. The summed E-state index contributed by atoms with van der Waals surface area (Å²) < 4.78 is 5.63. The van der Waals surface area contributed by atoms with Gasteiger partial charge in [-0.05, 0) is 42.5 Å². The fourth-order valence-corrected chi connectivity index (χ4v) is 3.28. The van der Waals surface area contributed by atoms with E-state index in [4.69, 9.17) is 39.2 Å². The fourth-order valence-electron chi connectivity index (χ4n) is 2.02. The van der Waals surface area contributed by atoms with Crippen LogP contribution in [0.5, 0.6) is 0 Å². The van der Waals surface area contributed by atoms with Crippen LogP contribution in [0.4, 0.5) is 5.69 Å². The molecule has 0 atom stereocenters. The first-order chi connectivity index (χ1) is 12.0. The molecule has 1 N–H and O–H groups in total. The molecule has 0 bridgehead atoms. The molecule has 0 radical (unpaired) electrons.